The molecule has 2 aromatic carbocycles. The maximum atomic E-state index is 14.0. The fourth-order valence-corrected chi connectivity index (χ4v) is 2.09. The minimum Gasteiger partial charge on any atom is -0.488 e. The van der Waals surface area contributed by atoms with E-state index in [4.69, 9.17) is 15.7 Å². The van der Waals surface area contributed by atoms with Gasteiger partial charge in [0.1, 0.15) is 24.2 Å². The third-order valence-electron chi connectivity index (χ3n) is 3.24. The van der Waals surface area contributed by atoms with Gasteiger partial charge in [0.2, 0.25) is 0 Å². The highest BCUT2D eigenvalue weighted by Gasteiger charge is 2.11. The van der Waals surface area contributed by atoms with Gasteiger partial charge in [-0.05, 0) is 26.0 Å². The zero-order valence-electron chi connectivity index (χ0n) is 12.1. The van der Waals surface area contributed by atoms with Gasteiger partial charge in [0, 0.05) is 17.2 Å². The molecule has 2 N–H and O–H groups in total. The molecule has 4 heteroatoms. The molecule has 0 heterocycles. The smallest absolute Gasteiger partial charge is 0.147 e. The number of benzene rings is 2. The molecule has 0 saturated carbocycles. The minimum absolute atomic E-state index is 0.0208. The number of nitrogens with zero attached hydrogens (tertiary/aromatic N) is 1. The van der Waals surface area contributed by atoms with Gasteiger partial charge in [0.15, 0.2) is 0 Å². The molecule has 0 saturated heterocycles. The maximum absolute atomic E-state index is 14.0. The van der Waals surface area contributed by atoms with Crippen molar-refractivity contribution < 1.29 is 9.13 Å². The van der Waals surface area contributed by atoms with E-state index in [0.717, 1.165) is 11.1 Å². The van der Waals surface area contributed by atoms with Gasteiger partial charge >= 0.3 is 0 Å². The van der Waals surface area contributed by atoms with Crippen LogP contribution < -0.4 is 10.5 Å². The quantitative estimate of drug-likeness (QED) is 0.933. The lowest BCUT2D eigenvalue weighted by atomic mass is 10.1. The lowest BCUT2D eigenvalue weighted by Crippen LogP contribution is -2.09. The lowest BCUT2D eigenvalue weighted by molar-refractivity contribution is 0.295. The molecule has 1 atom stereocenters. The Morgan fingerprint density at radius 1 is 1.33 bits per heavy atom. The molecule has 0 fully saturated rings. The van der Waals surface area contributed by atoms with Gasteiger partial charge in [0.25, 0.3) is 0 Å². The van der Waals surface area contributed by atoms with Gasteiger partial charge in [-0.25, -0.2) is 4.39 Å². The average Bonchev–Trinajstić information content (AvgIpc) is 2.47. The molecule has 0 aromatic heterocycles. The fourth-order valence-electron chi connectivity index (χ4n) is 2.09. The summed E-state index contributed by atoms with van der Waals surface area (Å²) in [6.45, 7) is 3.91. The van der Waals surface area contributed by atoms with Crippen LogP contribution in [0.15, 0.2) is 36.4 Å². The van der Waals surface area contributed by atoms with Crippen LogP contribution in [0.2, 0.25) is 0 Å². The van der Waals surface area contributed by atoms with Crippen LogP contribution in [0.4, 0.5) is 4.39 Å². The second-order valence-corrected chi connectivity index (χ2v) is 5.01. The van der Waals surface area contributed by atoms with Crippen molar-refractivity contribution >= 4 is 0 Å². The molecule has 0 aliphatic heterocycles. The molecule has 0 radical (unpaired) electrons. The third-order valence-corrected chi connectivity index (χ3v) is 3.24. The predicted octanol–water partition coefficient (Wildman–Crippen LogP) is 3.60. The number of rotatable bonds is 4. The van der Waals surface area contributed by atoms with Gasteiger partial charge in [-0.2, -0.15) is 5.26 Å². The van der Waals surface area contributed by atoms with Crippen molar-refractivity contribution in [3.8, 4) is 11.8 Å². The van der Waals surface area contributed by atoms with Crippen LogP contribution in [0.1, 0.15) is 35.2 Å². The zero-order chi connectivity index (χ0) is 15.4. The van der Waals surface area contributed by atoms with Crippen molar-refractivity contribution in [1.82, 2.24) is 0 Å². The fraction of sp³-hybridized carbons (Fsp3) is 0.235. The molecule has 2 aromatic rings. The summed E-state index contributed by atoms with van der Waals surface area (Å²) in [5.41, 5.74) is 8.28. The number of halogens is 1. The Morgan fingerprint density at radius 2 is 2.10 bits per heavy atom. The number of aryl methyl sites for hydroxylation is 1. The minimum atomic E-state index is -0.533. The van der Waals surface area contributed by atoms with Crippen LogP contribution in [0.3, 0.4) is 0 Å². The predicted molar refractivity (Wildman–Crippen MR) is 79.2 cm³/mol. The first-order valence-electron chi connectivity index (χ1n) is 6.69. The van der Waals surface area contributed by atoms with Crippen molar-refractivity contribution in [2.24, 2.45) is 5.73 Å². The Bertz CT molecular complexity index is 690. The molecule has 0 aliphatic carbocycles. The number of ether oxygens (including phenoxy) is 1. The summed E-state index contributed by atoms with van der Waals surface area (Å²) in [5.74, 6) is 0.104. The second-order valence-electron chi connectivity index (χ2n) is 5.01. The third kappa shape index (κ3) is 3.39. The molecule has 2 rings (SSSR count). The highest BCUT2D eigenvalue weighted by atomic mass is 19.1. The zero-order valence-corrected chi connectivity index (χ0v) is 12.1. The number of hydrogen-bond donors (Lipinski definition) is 1. The Kier molecular flexibility index (Phi) is 4.56. The molecule has 108 valence electrons. The monoisotopic (exact) mass is 284 g/mol. The van der Waals surface area contributed by atoms with E-state index in [9.17, 15) is 4.39 Å². The number of nitrogens with two attached hydrogens (primary N) is 1. The van der Waals surface area contributed by atoms with Crippen molar-refractivity contribution in [1.29, 1.82) is 5.26 Å². The van der Waals surface area contributed by atoms with Gasteiger partial charge in [-0.3, -0.25) is 0 Å². The molecule has 0 amide bonds. The normalized spacial score (nSPS) is 11.8. The van der Waals surface area contributed by atoms with E-state index in [0.29, 0.717) is 11.3 Å². The highest BCUT2D eigenvalue weighted by Crippen LogP contribution is 2.26. The summed E-state index contributed by atoms with van der Waals surface area (Å²) in [5, 5.41) is 8.83. The Balaban J connectivity index is 2.23. The van der Waals surface area contributed by atoms with Crippen LogP contribution in [0.25, 0.3) is 0 Å². The Morgan fingerprint density at radius 3 is 2.76 bits per heavy atom. The Hall–Kier alpha value is -2.38. The molecule has 1 unspecified atom stereocenters. The van der Waals surface area contributed by atoms with Gasteiger partial charge in [-0.1, -0.05) is 29.8 Å². The van der Waals surface area contributed by atoms with E-state index in [-0.39, 0.29) is 18.2 Å². The number of nitriles is 1. The summed E-state index contributed by atoms with van der Waals surface area (Å²) >= 11 is 0. The molecular formula is C17H17FN2O. The van der Waals surface area contributed by atoms with Crippen LogP contribution in [-0.2, 0) is 6.61 Å². The van der Waals surface area contributed by atoms with E-state index in [1.54, 1.807) is 12.1 Å². The first kappa shape index (κ1) is 15.0. The second kappa shape index (κ2) is 6.38. The van der Waals surface area contributed by atoms with Crippen molar-refractivity contribution in [2.45, 2.75) is 26.5 Å². The maximum Gasteiger partial charge on any atom is 0.147 e. The van der Waals surface area contributed by atoms with Crippen LogP contribution in [0, 0.1) is 24.1 Å². The molecule has 0 aliphatic rings. The first-order chi connectivity index (χ1) is 10.0. The van der Waals surface area contributed by atoms with E-state index in [1.807, 2.05) is 38.1 Å². The van der Waals surface area contributed by atoms with Crippen molar-refractivity contribution in [3.63, 3.8) is 0 Å². The first-order valence-corrected chi connectivity index (χ1v) is 6.69. The standard InChI is InChI=1S/C17H17FN2O/c1-11-6-7-16(15(8-11)12(2)20)21-10-14-5-3-4-13(9-19)17(14)18/h3-8,12H,10,20H2,1-2H3. The topological polar surface area (TPSA) is 59.0 Å². The van der Waals surface area contributed by atoms with E-state index in [1.165, 1.54) is 6.07 Å². The van der Waals surface area contributed by atoms with Crippen LogP contribution in [-0.4, -0.2) is 0 Å². The lowest BCUT2D eigenvalue weighted by Gasteiger charge is -2.15. The SMILES string of the molecule is Cc1ccc(OCc2cccc(C#N)c2F)c(C(C)N)c1. The molecular weight excluding hydrogens is 267 g/mol. The summed E-state index contributed by atoms with van der Waals surface area (Å²) in [6, 6.07) is 12.1. The van der Waals surface area contributed by atoms with Gasteiger partial charge in [0.05, 0.1) is 5.56 Å². The van der Waals surface area contributed by atoms with Crippen molar-refractivity contribution in [3.05, 3.63) is 64.5 Å². The highest BCUT2D eigenvalue weighted by molar-refractivity contribution is 5.39. The van der Waals surface area contributed by atoms with Crippen molar-refractivity contribution in [2.75, 3.05) is 0 Å². The molecule has 0 bridgehead atoms. The summed E-state index contributed by atoms with van der Waals surface area (Å²) < 4.78 is 19.7. The van der Waals surface area contributed by atoms with Gasteiger partial charge < -0.3 is 10.5 Å². The molecule has 3 nitrogen and oxygen atoms in total. The van der Waals surface area contributed by atoms with E-state index in [2.05, 4.69) is 0 Å². The molecule has 21 heavy (non-hydrogen) atoms. The van der Waals surface area contributed by atoms with Gasteiger partial charge in [-0.15, -0.1) is 0 Å². The van der Waals surface area contributed by atoms with E-state index < -0.39 is 5.82 Å². The Labute approximate surface area is 123 Å². The van der Waals surface area contributed by atoms with Crippen LogP contribution in [0.5, 0.6) is 5.75 Å². The number of hydrogen-bond acceptors (Lipinski definition) is 3. The summed E-state index contributed by atoms with van der Waals surface area (Å²) in [7, 11) is 0. The average molecular weight is 284 g/mol. The molecule has 0 spiro atoms. The van der Waals surface area contributed by atoms with E-state index >= 15 is 0 Å². The largest absolute Gasteiger partial charge is 0.488 e. The summed E-state index contributed by atoms with van der Waals surface area (Å²) in [6.07, 6.45) is 0. The summed E-state index contributed by atoms with van der Waals surface area (Å²) in [4.78, 5) is 0. The van der Waals surface area contributed by atoms with Crippen LogP contribution >= 0.6 is 0 Å².